The van der Waals surface area contributed by atoms with E-state index in [-0.39, 0.29) is 9.92 Å². The van der Waals surface area contributed by atoms with Crippen LogP contribution in [-0.2, 0) is 10.0 Å². The first-order valence-electron chi connectivity index (χ1n) is 9.01. The summed E-state index contributed by atoms with van der Waals surface area (Å²) in [6.45, 7) is 1.72. The third kappa shape index (κ3) is 4.90. The van der Waals surface area contributed by atoms with E-state index < -0.39 is 16.1 Å². The predicted molar refractivity (Wildman–Crippen MR) is 119 cm³/mol. The van der Waals surface area contributed by atoms with Crippen molar-refractivity contribution in [2.24, 2.45) is 0 Å². The maximum atomic E-state index is 13.2. The van der Waals surface area contributed by atoms with Crippen LogP contribution in [0.1, 0.15) is 22.7 Å². The van der Waals surface area contributed by atoms with Crippen LogP contribution in [0.4, 0.5) is 0 Å². The Morgan fingerprint density at radius 1 is 0.800 bits per heavy atom. The fraction of sp³-hybridized carbons (Fsp3) is 0.182. The first-order valence-corrected chi connectivity index (χ1v) is 11.2. The lowest BCUT2D eigenvalue weighted by Gasteiger charge is -2.21. The van der Waals surface area contributed by atoms with E-state index in [0.717, 1.165) is 11.1 Å². The molecule has 0 spiro atoms. The van der Waals surface area contributed by atoms with Gasteiger partial charge >= 0.3 is 0 Å². The first kappa shape index (κ1) is 22.4. The number of ether oxygens (including phenoxy) is 2. The van der Waals surface area contributed by atoms with Crippen molar-refractivity contribution < 1.29 is 17.9 Å². The number of nitrogens with one attached hydrogen (secondary N) is 1. The van der Waals surface area contributed by atoms with Crippen molar-refractivity contribution in [3.05, 3.63) is 87.4 Å². The normalized spacial score (nSPS) is 11.5. The molecule has 0 aliphatic heterocycles. The molecule has 8 heteroatoms. The van der Waals surface area contributed by atoms with Gasteiger partial charge in [-0.15, -0.1) is 0 Å². The summed E-state index contributed by atoms with van der Waals surface area (Å²) in [7, 11) is -0.814. The van der Waals surface area contributed by atoms with Gasteiger partial charge in [-0.05, 0) is 60.0 Å². The zero-order chi connectivity index (χ0) is 21.9. The Bertz CT molecular complexity index is 1080. The van der Waals surface area contributed by atoms with Gasteiger partial charge in [-0.2, -0.15) is 4.72 Å². The van der Waals surface area contributed by atoms with Crippen LogP contribution >= 0.6 is 23.2 Å². The average molecular weight is 466 g/mol. The number of aryl methyl sites for hydroxylation is 1. The molecule has 0 bridgehead atoms. The summed E-state index contributed by atoms with van der Waals surface area (Å²) in [5, 5.41) is 0.460. The number of rotatable bonds is 7. The molecule has 30 heavy (non-hydrogen) atoms. The van der Waals surface area contributed by atoms with Crippen LogP contribution < -0.4 is 14.2 Å². The van der Waals surface area contributed by atoms with Gasteiger partial charge in [-0.1, -0.05) is 47.5 Å². The molecule has 3 rings (SSSR count). The quantitative estimate of drug-likeness (QED) is 0.508. The molecule has 0 amide bonds. The van der Waals surface area contributed by atoms with Crippen LogP contribution in [0.2, 0.25) is 10.0 Å². The molecule has 0 fully saturated rings. The van der Waals surface area contributed by atoms with Crippen LogP contribution in [0.3, 0.4) is 0 Å². The van der Waals surface area contributed by atoms with Crippen molar-refractivity contribution in [3.63, 3.8) is 0 Å². The lowest BCUT2D eigenvalue weighted by Crippen LogP contribution is -2.29. The molecule has 0 aliphatic rings. The summed E-state index contributed by atoms with van der Waals surface area (Å²) >= 11 is 12.3. The minimum absolute atomic E-state index is 0.0295. The third-order valence-corrected chi connectivity index (χ3v) is 6.97. The molecule has 0 aliphatic carbocycles. The zero-order valence-electron chi connectivity index (χ0n) is 16.6. The molecule has 1 N–H and O–H groups in total. The molecular formula is C22H21Cl2NO4S. The summed E-state index contributed by atoms with van der Waals surface area (Å²) < 4.78 is 39.7. The van der Waals surface area contributed by atoms with Crippen molar-refractivity contribution in [2.45, 2.75) is 17.9 Å². The summed E-state index contributed by atoms with van der Waals surface area (Å²) in [5.41, 5.74) is 2.10. The smallest absolute Gasteiger partial charge is 0.242 e. The highest BCUT2D eigenvalue weighted by molar-refractivity contribution is 7.89. The fourth-order valence-electron chi connectivity index (χ4n) is 2.98. The molecule has 0 saturated carbocycles. The van der Waals surface area contributed by atoms with E-state index in [1.807, 2.05) is 24.3 Å². The molecule has 0 aromatic heterocycles. The van der Waals surface area contributed by atoms with Crippen molar-refractivity contribution in [3.8, 4) is 11.5 Å². The molecule has 0 saturated heterocycles. The number of benzene rings is 3. The Morgan fingerprint density at radius 3 is 1.70 bits per heavy atom. The lowest BCUT2D eigenvalue weighted by molar-refractivity contribution is 0.414. The average Bonchev–Trinajstić information content (AvgIpc) is 2.74. The van der Waals surface area contributed by atoms with E-state index in [9.17, 15) is 8.42 Å². The largest absolute Gasteiger partial charge is 0.497 e. The van der Waals surface area contributed by atoms with E-state index in [0.29, 0.717) is 22.1 Å². The zero-order valence-corrected chi connectivity index (χ0v) is 19.0. The van der Waals surface area contributed by atoms with Gasteiger partial charge in [0.15, 0.2) is 0 Å². The Morgan fingerprint density at radius 2 is 1.27 bits per heavy atom. The maximum absolute atomic E-state index is 13.2. The van der Waals surface area contributed by atoms with E-state index in [4.69, 9.17) is 32.7 Å². The summed E-state index contributed by atoms with van der Waals surface area (Å²) in [5.74, 6) is 1.35. The molecule has 0 heterocycles. The fourth-order valence-corrected chi connectivity index (χ4v) is 5.02. The van der Waals surface area contributed by atoms with Crippen molar-refractivity contribution in [2.75, 3.05) is 14.2 Å². The van der Waals surface area contributed by atoms with Gasteiger partial charge in [-0.25, -0.2) is 8.42 Å². The Balaban J connectivity index is 2.06. The highest BCUT2D eigenvalue weighted by Crippen LogP contribution is 2.32. The van der Waals surface area contributed by atoms with Gasteiger partial charge in [0, 0.05) is 5.02 Å². The topological polar surface area (TPSA) is 64.6 Å². The van der Waals surface area contributed by atoms with Crippen molar-refractivity contribution in [1.82, 2.24) is 4.72 Å². The summed E-state index contributed by atoms with van der Waals surface area (Å²) in [6.07, 6.45) is 0. The molecular weight excluding hydrogens is 445 g/mol. The third-order valence-electron chi connectivity index (χ3n) is 4.67. The summed E-state index contributed by atoms with van der Waals surface area (Å²) in [6, 6.07) is 16.6. The molecule has 0 radical (unpaired) electrons. The van der Waals surface area contributed by atoms with Gasteiger partial charge in [-0.3, -0.25) is 0 Å². The highest BCUT2D eigenvalue weighted by Gasteiger charge is 2.26. The lowest BCUT2D eigenvalue weighted by atomic mass is 9.99. The van der Waals surface area contributed by atoms with Gasteiger partial charge in [0.25, 0.3) is 0 Å². The Labute approximate surface area is 186 Å². The predicted octanol–water partition coefficient (Wildman–Crippen LogP) is 5.39. The molecule has 0 unspecified atom stereocenters. The van der Waals surface area contributed by atoms with Crippen LogP contribution in [0.25, 0.3) is 0 Å². The monoisotopic (exact) mass is 465 g/mol. The minimum Gasteiger partial charge on any atom is -0.497 e. The molecule has 0 atom stereocenters. The molecule has 3 aromatic rings. The second-order valence-corrected chi connectivity index (χ2v) is 9.13. The Kier molecular flexibility index (Phi) is 6.93. The van der Waals surface area contributed by atoms with Crippen molar-refractivity contribution >= 4 is 33.2 Å². The van der Waals surface area contributed by atoms with Crippen LogP contribution in [0, 0.1) is 6.92 Å². The molecule has 158 valence electrons. The number of methoxy groups -OCH3 is 2. The van der Waals surface area contributed by atoms with Crippen LogP contribution in [0.15, 0.2) is 65.6 Å². The molecule has 3 aromatic carbocycles. The van der Waals surface area contributed by atoms with Gasteiger partial charge in [0.05, 0.1) is 25.3 Å². The summed E-state index contributed by atoms with van der Waals surface area (Å²) in [4.78, 5) is -0.0295. The van der Waals surface area contributed by atoms with Gasteiger partial charge in [0.1, 0.15) is 16.4 Å². The van der Waals surface area contributed by atoms with Crippen LogP contribution in [-0.4, -0.2) is 22.6 Å². The van der Waals surface area contributed by atoms with E-state index in [1.165, 1.54) is 12.1 Å². The second-order valence-electron chi connectivity index (χ2n) is 6.63. The van der Waals surface area contributed by atoms with Crippen molar-refractivity contribution in [1.29, 1.82) is 0 Å². The second kappa shape index (κ2) is 9.27. The standard InChI is InChI=1S/C22H21Cl2NO4S/c1-14-12-21(20(24)13-19(14)23)30(26,27)25-22(15-4-8-17(28-2)9-5-15)16-6-10-18(29-3)11-7-16/h4-13,22,25H,1-3H3. The van der Waals surface area contributed by atoms with Gasteiger partial charge < -0.3 is 9.47 Å². The SMILES string of the molecule is COc1ccc(C(NS(=O)(=O)c2cc(C)c(Cl)cc2Cl)c2ccc(OC)cc2)cc1. The van der Waals surface area contributed by atoms with E-state index >= 15 is 0 Å². The number of sulfonamides is 1. The van der Waals surface area contributed by atoms with E-state index in [2.05, 4.69) is 4.72 Å². The van der Waals surface area contributed by atoms with E-state index in [1.54, 1.807) is 45.4 Å². The Hall–Kier alpha value is -2.25. The number of hydrogen-bond acceptors (Lipinski definition) is 4. The maximum Gasteiger partial charge on any atom is 0.242 e. The minimum atomic E-state index is -3.96. The van der Waals surface area contributed by atoms with Crippen LogP contribution in [0.5, 0.6) is 11.5 Å². The number of hydrogen-bond donors (Lipinski definition) is 1. The first-order chi connectivity index (χ1) is 14.2. The van der Waals surface area contributed by atoms with Gasteiger partial charge in [0.2, 0.25) is 10.0 Å². The molecule has 5 nitrogen and oxygen atoms in total. The highest BCUT2D eigenvalue weighted by atomic mass is 35.5. The number of halogens is 2.